The van der Waals surface area contributed by atoms with Crippen LogP contribution in [0, 0.1) is 10.1 Å². The highest BCUT2D eigenvalue weighted by Gasteiger charge is 1.90. The second-order valence-electron chi connectivity index (χ2n) is 3.40. The number of rotatable bonds is 5. The number of nitrogens with zero attached hydrogens (tertiary/aromatic N) is 1. The highest BCUT2D eigenvalue weighted by molar-refractivity contribution is 5.66. The lowest BCUT2D eigenvalue weighted by Gasteiger charge is -1.85. The average Bonchev–Trinajstić information content (AvgIpc) is 2.25. The van der Waals surface area contributed by atoms with Gasteiger partial charge in [-0.15, -0.1) is 10.1 Å². The lowest BCUT2D eigenvalue weighted by Crippen LogP contribution is -1.91. The summed E-state index contributed by atoms with van der Waals surface area (Å²) >= 11 is 0. The quantitative estimate of drug-likeness (QED) is 0.436. The highest BCUT2D eigenvalue weighted by atomic mass is 16.9. The van der Waals surface area contributed by atoms with E-state index in [9.17, 15) is 9.59 Å². The Bertz CT molecular complexity index is 271. The molecule has 0 saturated carbocycles. The Balaban J connectivity index is -0.0000000948. The minimum Gasteiger partial charge on any atom is -0.481 e. The van der Waals surface area contributed by atoms with E-state index in [4.69, 9.17) is 35.4 Å². The van der Waals surface area contributed by atoms with E-state index < -0.39 is 23.0 Å². The Morgan fingerprint density at radius 2 is 1.24 bits per heavy atom. The van der Waals surface area contributed by atoms with Crippen molar-refractivity contribution in [1.29, 1.82) is 0 Å². The van der Waals surface area contributed by atoms with Gasteiger partial charge in [-0.1, -0.05) is 20.3 Å². The van der Waals surface area contributed by atoms with E-state index in [-0.39, 0.29) is 0 Å². The molecule has 10 nitrogen and oxygen atoms in total. The molecule has 0 rings (SSSR count). The van der Waals surface area contributed by atoms with Gasteiger partial charge in [-0.05, 0) is 12.8 Å². The van der Waals surface area contributed by atoms with Gasteiger partial charge in [-0.3, -0.25) is 14.4 Å². The molecule has 0 heterocycles. The normalized spacial score (nSPS) is 7.57. The van der Waals surface area contributed by atoms with E-state index in [2.05, 4.69) is 0 Å². The van der Waals surface area contributed by atoms with Gasteiger partial charge in [-0.2, -0.15) is 0 Å². The molecule has 0 amide bonds. The smallest absolute Gasteiger partial charge is 0.303 e. The molecule has 0 atom stereocenters. The molecule has 0 unspecified atom stereocenters. The maximum atomic E-state index is 9.76. The van der Waals surface area contributed by atoms with E-state index in [0.717, 1.165) is 26.2 Å². The number of carboxylic acid groups (broad SMARTS) is 3. The van der Waals surface area contributed by atoms with Crippen LogP contribution in [0.25, 0.3) is 0 Å². The summed E-state index contributed by atoms with van der Waals surface area (Å²) in [6.45, 7) is 4.90. The SMILES string of the molecule is CC(=O)O.CCCC(=O)O.CCCCC(=O)O.O=[N+]([O-])O. The molecule has 10 heteroatoms. The van der Waals surface area contributed by atoms with E-state index in [0.29, 0.717) is 12.8 Å². The highest BCUT2D eigenvalue weighted by Crippen LogP contribution is 1.91. The number of hydrogen-bond acceptors (Lipinski definition) is 5. The molecule has 4 N–H and O–H groups in total. The summed E-state index contributed by atoms with van der Waals surface area (Å²) in [7, 11) is 0. The van der Waals surface area contributed by atoms with Crippen molar-refractivity contribution in [3.05, 3.63) is 10.1 Å². The molecule has 0 fully saturated rings. The topological polar surface area (TPSA) is 175 Å². The van der Waals surface area contributed by atoms with Crippen LogP contribution in [0.2, 0.25) is 0 Å². The Kier molecular flexibility index (Phi) is 29.3. The predicted molar refractivity (Wildman–Crippen MR) is 71.8 cm³/mol. The van der Waals surface area contributed by atoms with Gasteiger partial charge in [0, 0.05) is 19.8 Å². The van der Waals surface area contributed by atoms with Crippen LogP contribution in [-0.4, -0.2) is 43.5 Å². The molecule has 0 aromatic carbocycles. The summed E-state index contributed by atoms with van der Waals surface area (Å²) in [5.74, 6) is -2.24. The summed E-state index contributed by atoms with van der Waals surface area (Å²) < 4.78 is 0. The predicted octanol–water partition coefficient (Wildman–Crippen LogP) is 1.88. The molecule has 0 aliphatic carbocycles. The monoisotopic (exact) mass is 313 g/mol. The number of hydrogen-bond donors (Lipinski definition) is 4. The zero-order chi connectivity index (χ0) is 17.8. The first-order chi connectivity index (χ1) is 9.50. The number of aliphatic carboxylic acids is 3. The fraction of sp³-hybridized carbons (Fsp3) is 0.727. The molecule has 126 valence electrons. The van der Waals surface area contributed by atoms with Crippen molar-refractivity contribution in [1.82, 2.24) is 0 Å². The molecule has 0 aliphatic rings. The fourth-order valence-corrected chi connectivity index (χ4v) is 0.542. The largest absolute Gasteiger partial charge is 0.481 e. The summed E-state index contributed by atoms with van der Waals surface area (Å²) in [5.41, 5.74) is 0. The van der Waals surface area contributed by atoms with Gasteiger partial charge < -0.3 is 20.5 Å². The van der Waals surface area contributed by atoms with E-state index in [1.54, 1.807) is 0 Å². The van der Waals surface area contributed by atoms with Gasteiger partial charge in [0.2, 0.25) is 0 Å². The number of carboxylic acids is 3. The third-order valence-electron chi connectivity index (χ3n) is 1.21. The van der Waals surface area contributed by atoms with Crippen LogP contribution in [0.3, 0.4) is 0 Å². The van der Waals surface area contributed by atoms with Crippen LogP contribution in [-0.2, 0) is 14.4 Å². The minimum absolute atomic E-state index is 0.292. The molecule has 0 aromatic heterocycles. The molecule has 0 radical (unpaired) electrons. The maximum absolute atomic E-state index is 9.76. The van der Waals surface area contributed by atoms with E-state index in [1.165, 1.54) is 0 Å². The molecule has 21 heavy (non-hydrogen) atoms. The summed E-state index contributed by atoms with van der Waals surface area (Å²) in [6.07, 6.45) is 3.10. The van der Waals surface area contributed by atoms with Crippen LogP contribution in [0.15, 0.2) is 0 Å². The molecule has 0 spiro atoms. The van der Waals surface area contributed by atoms with Gasteiger partial charge in [0.25, 0.3) is 11.1 Å². The zero-order valence-corrected chi connectivity index (χ0v) is 12.3. The first-order valence-corrected chi connectivity index (χ1v) is 5.97. The fourth-order valence-electron chi connectivity index (χ4n) is 0.542. The molecule has 0 aromatic rings. The molecule has 0 bridgehead atoms. The van der Waals surface area contributed by atoms with Crippen molar-refractivity contribution in [2.75, 3.05) is 0 Å². The van der Waals surface area contributed by atoms with Gasteiger partial charge in [-0.25, -0.2) is 0 Å². The van der Waals surface area contributed by atoms with Crippen molar-refractivity contribution >= 4 is 17.9 Å². The van der Waals surface area contributed by atoms with Gasteiger partial charge in [0.1, 0.15) is 0 Å². The Hall–Kier alpha value is -2.39. The number of carbonyl (C=O) groups is 3. The summed E-state index contributed by atoms with van der Waals surface area (Å²) in [5, 5.41) is 37.0. The van der Waals surface area contributed by atoms with Crippen molar-refractivity contribution in [2.45, 2.75) is 52.9 Å². The Morgan fingerprint density at radius 3 is 1.29 bits per heavy atom. The Morgan fingerprint density at radius 1 is 0.952 bits per heavy atom. The van der Waals surface area contributed by atoms with Crippen molar-refractivity contribution in [3.63, 3.8) is 0 Å². The summed E-state index contributed by atoms with van der Waals surface area (Å²) in [4.78, 5) is 36.7. The molecular weight excluding hydrogens is 290 g/mol. The third-order valence-corrected chi connectivity index (χ3v) is 1.21. The molecule has 0 aliphatic heterocycles. The molecule has 0 saturated heterocycles. The van der Waals surface area contributed by atoms with Crippen LogP contribution in [0.1, 0.15) is 52.9 Å². The summed E-state index contributed by atoms with van der Waals surface area (Å²) in [6, 6.07) is 0. The first-order valence-electron chi connectivity index (χ1n) is 5.97. The lowest BCUT2D eigenvalue weighted by molar-refractivity contribution is -0.742. The number of unbranched alkanes of at least 4 members (excludes halogenated alkanes) is 1. The van der Waals surface area contributed by atoms with Crippen molar-refractivity contribution < 1.29 is 40.0 Å². The van der Waals surface area contributed by atoms with Gasteiger partial charge in [0.05, 0.1) is 0 Å². The van der Waals surface area contributed by atoms with E-state index in [1.807, 2.05) is 13.8 Å². The third kappa shape index (κ3) is 202. The van der Waals surface area contributed by atoms with Gasteiger partial charge in [0.15, 0.2) is 0 Å². The van der Waals surface area contributed by atoms with Crippen LogP contribution in [0.5, 0.6) is 0 Å². The average molecular weight is 313 g/mol. The second-order valence-corrected chi connectivity index (χ2v) is 3.40. The van der Waals surface area contributed by atoms with Gasteiger partial charge >= 0.3 is 11.9 Å². The second kappa shape index (κ2) is 22.8. The van der Waals surface area contributed by atoms with Crippen LogP contribution >= 0.6 is 0 Å². The molecular formula is C11H23NO9. The van der Waals surface area contributed by atoms with Crippen molar-refractivity contribution in [2.24, 2.45) is 0 Å². The van der Waals surface area contributed by atoms with Crippen LogP contribution in [0.4, 0.5) is 0 Å². The lowest BCUT2D eigenvalue weighted by atomic mass is 10.3. The first kappa shape index (κ1) is 27.0. The zero-order valence-electron chi connectivity index (χ0n) is 12.3. The maximum Gasteiger partial charge on any atom is 0.303 e. The van der Waals surface area contributed by atoms with Crippen LogP contribution < -0.4 is 0 Å². The standard InChI is InChI=1S/C5H10O2.C4H8O2.C2H4O2.HNO3/c1-2-3-4-5(6)7;1-2-3-4(5)6;1-2(3)4;2-1(3)4/h2-4H2,1H3,(H,6,7);2-3H2,1H3,(H,5,6);1H3,(H,3,4);(H,2,3,4). The van der Waals surface area contributed by atoms with E-state index >= 15 is 0 Å². The minimum atomic E-state index is -1.50. The Labute approximate surface area is 122 Å². The van der Waals surface area contributed by atoms with Crippen molar-refractivity contribution in [3.8, 4) is 0 Å².